The van der Waals surface area contributed by atoms with Gasteiger partial charge in [-0.3, -0.25) is 10.6 Å². The first-order chi connectivity index (χ1) is 10.0. The first-order valence-corrected chi connectivity index (χ1v) is 7.79. The van der Waals surface area contributed by atoms with Crippen molar-refractivity contribution in [1.29, 1.82) is 0 Å². The van der Waals surface area contributed by atoms with Gasteiger partial charge < -0.3 is 5.32 Å². The van der Waals surface area contributed by atoms with Crippen molar-refractivity contribution in [2.24, 2.45) is 0 Å². The molecule has 3 N–H and O–H groups in total. The van der Waals surface area contributed by atoms with E-state index in [1.54, 1.807) is 0 Å². The molecule has 21 heavy (non-hydrogen) atoms. The monoisotopic (exact) mass is 347 g/mol. The van der Waals surface area contributed by atoms with Gasteiger partial charge in [-0.05, 0) is 62.0 Å². The Morgan fingerprint density at radius 1 is 1.14 bits per heavy atom. The van der Waals surface area contributed by atoms with Gasteiger partial charge >= 0.3 is 0 Å². The van der Waals surface area contributed by atoms with Crippen LogP contribution in [0.3, 0.4) is 0 Å². The standard InChI is InChI=1S/C17H22BrN3/c1-12-8-14(9-13-6-5-7-15(18)10-13)16(19-2)11-17(12,20-3)21-4/h5-11,19-21H,1-4H3. The fourth-order valence-electron chi connectivity index (χ4n) is 2.61. The van der Waals surface area contributed by atoms with Crippen LogP contribution in [0.1, 0.15) is 12.5 Å². The molecule has 0 unspecified atom stereocenters. The summed E-state index contributed by atoms with van der Waals surface area (Å²) in [5.41, 5.74) is 4.38. The van der Waals surface area contributed by atoms with Crippen LogP contribution in [-0.4, -0.2) is 26.8 Å². The minimum absolute atomic E-state index is 0.299. The molecule has 3 nitrogen and oxygen atoms in total. The van der Waals surface area contributed by atoms with E-state index in [9.17, 15) is 0 Å². The maximum atomic E-state index is 3.52. The summed E-state index contributed by atoms with van der Waals surface area (Å²) in [5, 5.41) is 9.98. The van der Waals surface area contributed by atoms with Crippen LogP contribution in [-0.2, 0) is 0 Å². The smallest absolute Gasteiger partial charge is 0.112 e. The van der Waals surface area contributed by atoms with E-state index in [0.717, 1.165) is 10.2 Å². The largest absolute Gasteiger partial charge is 0.388 e. The second kappa shape index (κ2) is 6.60. The molecule has 0 heterocycles. The lowest BCUT2D eigenvalue weighted by atomic mass is 9.89. The van der Waals surface area contributed by atoms with E-state index in [2.05, 4.69) is 69.2 Å². The van der Waals surface area contributed by atoms with Gasteiger partial charge in [0.15, 0.2) is 0 Å². The number of hydrogen-bond donors (Lipinski definition) is 3. The summed E-state index contributed by atoms with van der Waals surface area (Å²) in [6.07, 6.45) is 6.58. The van der Waals surface area contributed by atoms with Crippen molar-refractivity contribution < 1.29 is 0 Å². The Hall–Kier alpha value is -1.36. The van der Waals surface area contributed by atoms with E-state index in [4.69, 9.17) is 0 Å². The Morgan fingerprint density at radius 3 is 2.43 bits per heavy atom. The zero-order valence-corrected chi connectivity index (χ0v) is 14.5. The Bertz CT molecular complexity index is 610. The Labute approximate surface area is 135 Å². The van der Waals surface area contributed by atoms with E-state index in [1.807, 2.05) is 33.3 Å². The molecule has 0 spiro atoms. The molecule has 1 aromatic rings. The number of allylic oxidation sites excluding steroid dienone is 1. The molecular weight excluding hydrogens is 326 g/mol. The van der Waals surface area contributed by atoms with Gasteiger partial charge in [-0.2, -0.15) is 0 Å². The highest BCUT2D eigenvalue weighted by Gasteiger charge is 2.30. The van der Waals surface area contributed by atoms with E-state index in [1.165, 1.54) is 16.7 Å². The molecule has 0 fully saturated rings. The molecule has 1 aliphatic carbocycles. The number of rotatable bonds is 4. The number of halogens is 1. The van der Waals surface area contributed by atoms with Crippen molar-refractivity contribution >= 4 is 22.0 Å². The first-order valence-electron chi connectivity index (χ1n) is 6.99. The molecule has 1 aromatic carbocycles. The first kappa shape index (κ1) is 16.0. The Kier molecular flexibility index (Phi) is 5.04. The van der Waals surface area contributed by atoms with E-state index in [-0.39, 0.29) is 5.66 Å². The average Bonchev–Trinajstić information content (AvgIpc) is 2.48. The lowest BCUT2D eigenvalue weighted by Crippen LogP contribution is -2.54. The van der Waals surface area contributed by atoms with Crippen LogP contribution in [0.15, 0.2) is 57.7 Å². The van der Waals surface area contributed by atoms with Crippen LogP contribution in [0.4, 0.5) is 0 Å². The van der Waals surface area contributed by atoms with E-state index in [0.29, 0.717) is 0 Å². The maximum Gasteiger partial charge on any atom is 0.112 e. The van der Waals surface area contributed by atoms with Gasteiger partial charge in [0.05, 0.1) is 0 Å². The van der Waals surface area contributed by atoms with Crippen LogP contribution >= 0.6 is 15.9 Å². The number of likely N-dealkylation sites (N-methyl/N-ethyl adjacent to an activating group) is 3. The average molecular weight is 348 g/mol. The maximum absolute atomic E-state index is 3.52. The highest BCUT2D eigenvalue weighted by atomic mass is 79.9. The summed E-state index contributed by atoms with van der Waals surface area (Å²) in [6.45, 7) is 2.13. The highest BCUT2D eigenvalue weighted by molar-refractivity contribution is 9.10. The van der Waals surface area contributed by atoms with Crippen LogP contribution < -0.4 is 16.0 Å². The summed E-state index contributed by atoms with van der Waals surface area (Å²) in [7, 11) is 5.87. The van der Waals surface area contributed by atoms with Crippen molar-refractivity contribution in [1.82, 2.24) is 16.0 Å². The van der Waals surface area contributed by atoms with Crippen molar-refractivity contribution in [3.8, 4) is 0 Å². The minimum atomic E-state index is -0.299. The predicted octanol–water partition coefficient (Wildman–Crippen LogP) is 3.03. The van der Waals surface area contributed by atoms with Gasteiger partial charge in [0, 0.05) is 17.2 Å². The normalized spacial score (nSPS) is 19.2. The lowest BCUT2D eigenvalue weighted by Gasteiger charge is -2.35. The molecule has 0 bridgehead atoms. The zero-order chi connectivity index (χ0) is 15.5. The van der Waals surface area contributed by atoms with Crippen molar-refractivity contribution in [2.45, 2.75) is 12.6 Å². The van der Waals surface area contributed by atoms with Gasteiger partial charge in [0.2, 0.25) is 0 Å². The van der Waals surface area contributed by atoms with Crippen LogP contribution in [0.25, 0.3) is 6.08 Å². The molecule has 0 saturated heterocycles. The predicted molar refractivity (Wildman–Crippen MR) is 93.9 cm³/mol. The summed E-state index contributed by atoms with van der Waals surface area (Å²) in [5.74, 6) is 0. The molecule has 0 radical (unpaired) electrons. The third-order valence-corrected chi connectivity index (χ3v) is 4.39. The van der Waals surface area contributed by atoms with Crippen molar-refractivity contribution in [3.63, 3.8) is 0 Å². The lowest BCUT2D eigenvalue weighted by molar-refractivity contribution is 0.431. The summed E-state index contributed by atoms with van der Waals surface area (Å²) < 4.78 is 1.09. The van der Waals surface area contributed by atoms with Crippen molar-refractivity contribution in [2.75, 3.05) is 21.1 Å². The van der Waals surface area contributed by atoms with Gasteiger partial charge in [0.25, 0.3) is 0 Å². The quantitative estimate of drug-likeness (QED) is 0.732. The summed E-state index contributed by atoms with van der Waals surface area (Å²) in [4.78, 5) is 0. The minimum Gasteiger partial charge on any atom is -0.388 e. The third-order valence-electron chi connectivity index (χ3n) is 3.89. The number of hydrogen-bond acceptors (Lipinski definition) is 3. The topological polar surface area (TPSA) is 36.1 Å². The number of benzene rings is 1. The number of nitrogens with one attached hydrogen (secondary N) is 3. The fourth-order valence-corrected chi connectivity index (χ4v) is 3.03. The SMILES string of the molecule is CNC1=CC(NC)(NC)C(C)=CC1=Cc1cccc(Br)c1. The van der Waals surface area contributed by atoms with Crippen LogP contribution in [0.5, 0.6) is 0 Å². The van der Waals surface area contributed by atoms with Crippen LogP contribution in [0, 0.1) is 0 Å². The third kappa shape index (κ3) is 3.28. The van der Waals surface area contributed by atoms with Gasteiger partial charge in [-0.1, -0.05) is 34.1 Å². The molecule has 1 aliphatic rings. The molecule has 0 aromatic heterocycles. The molecule has 0 aliphatic heterocycles. The van der Waals surface area contributed by atoms with Gasteiger partial charge in [-0.15, -0.1) is 0 Å². The van der Waals surface area contributed by atoms with E-state index < -0.39 is 0 Å². The Morgan fingerprint density at radius 2 is 1.86 bits per heavy atom. The fraction of sp³-hybridized carbons (Fsp3) is 0.294. The van der Waals surface area contributed by atoms with Crippen molar-refractivity contribution in [3.05, 3.63) is 63.3 Å². The molecule has 4 heteroatoms. The molecule has 0 amide bonds. The summed E-state index contributed by atoms with van der Waals surface area (Å²) in [6, 6.07) is 8.30. The zero-order valence-electron chi connectivity index (χ0n) is 12.9. The van der Waals surface area contributed by atoms with Gasteiger partial charge in [0.1, 0.15) is 5.66 Å². The molecular formula is C17H22BrN3. The molecule has 0 atom stereocenters. The van der Waals surface area contributed by atoms with Crippen LogP contribution in [0.2, 0.25) is 0 Å². The van der Waals surface area contributed by atoms with Gasteiger partial charge in [-0.25, -0.2) is 0 Å². The summed E-state index contributed by atoms with van der Waals surface area (Å²) >= 11 is 3.52. The van der Waals surface area contributed by atoms with E-state index >= 15 is 0 Å². The Balaban J connectivity index is 2.46. The molecule has 112 valence electrons. The highest BCUT2D eigenvalue weighted by Crippen LogP contribution is 2.28. The second-order valence-corrected chi connectivity index (χ2v) is 6.01. The molecule has 2 rings (SSSR count). The molecule has 0 saturated carbocycles. The second-order valence-electron chi connectivity index (χ2n) is 5.10.